The average molecular weight is 533 g/mol. The van der Waals surface area contributed by atoms with Crippen LogP contribution >= 0.6 is 0 Å². The minimum absolute atomic E-state index is 0.0509. The first-order chi connectivity index (χ1) is 19.0. The van der Waals surface area contributed by atoms with Gasteiger partial charge in [0.05, 0.1) is 6.61 Å². The first-order valence-electron chi connectivity index (χ1n) is 14.8. The number of ether oxygens (including phenoxy) is 1. The zero-order valence-electron chi connectivity index (χ0n) is 23.8. The molecule has 2 fully saturated rings. The number of benzene rings is 1. The Balaban J connectivity index is 1.08. The van der Waals surface area contributed by atoms with E-state index in [9.17, 15) is 4.79 Å². The van der Waals surface area contributed by atoms with Crippen molar-refractivity contribution in [3.63, 3.8) is 0 Å². The Hall–Kier alpha value is -2.93. The molecule has 0 spiro atoms. The molecule has 1 aromatic carbocycles. The molecule has 3 aliphatic rings. The number of hydrogen-bond acceptors (Lipinski definition) is 6. The van der Waals surface area contributed by atoms with Gasteiger partial charge in [0, 0.05) is 51.6 Å². The van der Waals surface area contributed by atoms with Crippen LogP contribution in [0.5, 0.6) is 5.75 Å². The molecule has 1 saturated heterocycles. The third-order valence-corrected chi connectivity index (χ3v) is 9.13. The maximum absolute atomic E-state index is 12.6. The Labute approximate surface area is 233 Å². The molecule has 2 aliphatic carbocycles. The van der Waals surface area contributed by atoms with Crippen molar-refractivity contribution in [1.29, 1.82) is 0 Å². The zero-order valence-corrected chi connectivity index (χ0v) is 23.8. The number of aliphatic hydroxyl groups excluding tert-OH is 1. The molecule has 0 radical (unpaired) electrons. The number of carbonyl (C=O) groups is 1. The number of carbonyl (C=O) groups excluding carboxylic acids is 1. The molecule has 210 valence electrons. The van der Waals surface area contributed by atoms with Crippen molar-refractivity contribution >= 4 is 17.4 Å². The fraction of sp³-hybridized carbons (Fsp3) is 0.594. The molecule has 2 aromatic rings. The summed E-state index contributed by atoms with van der Waals surface area (Å²) in [6.45, 7) is 8.06. The van der Waals surface area contributed by atoms with Gasteiger partial charge in [0.1, 0.15) is 5.75 Å². The highest BCUT2D eigenvalue weighted by Crippen LogP contribution is 2.54. The highest BCUT2D eigenvalue weighted by atomic mass is 16.5. The number of allylic oxidation sites excluding steroid dienone is 2. The lowest BCUT2D eigenvalue weighted by Gasteiger charge is -2.26. The lowest BCUT2D eigenvalue weighted by molar-refractivity contribution is -0.134. The minimum atomic E-state index is 0.0509. The van der Waals surface area contributed by atoms with Crippen molar-refractivity contribution in [2.45, 2.75) is 52.4 Å². The van der Waals surface area contributed by atoms with Crippen molar-refractivity contribution < 1.29 is 14.6 Å². The second-order valence-electron chi connectivity index (χ2n) is 11.7. The van der Waals surface area contributed by atoms with E-state index in [0.717, 1.165) is 68.9 Å². The Morgan fingerprint density at radius 2 is 1.95 bits per heavy atom. The highest BCUT2D eigenvalue weighted by molar-refractivity contribution is 5.80. The van der Waals surface area contributed by atoms with Crippen molar-refractivity contribution in [3.05, 3.63) is 53.9 Å². The average Bonchev–Trinajstić information content (AvgIpc) is 3.72. The number of aliphatic hydroxyl groups is 1. The Kier molecular flexibility index (Phi) is 8.85. The van der Waals surface area contributed by atoms with Crippen LogP contribution in [-0.4, -0.2) is 65.8 Å². The van der Waals surface area contributed by atoms with E-state index in [1.807, 2.05) is 19.4 Å². The summed E-state index contributed by atoms with van der Waals surface area (Å²) in [5, 5.41) is 9.02. The summed E-state index contributed by atoms with van der Waals surface area (Å²) < 4.78 is 6.27. The number of hydrogen-bond donors (Lipinski definition) is 1. The van der Waals surface area contributed by atoms with Crippen molar-refractivity contribution in [1.82, 2.24) is 14.9 Å². The van der Waals surface area contributed by atoms with Crippen molar-refractivity contribution in [2.24, 2.45) is 29.6 Å². The van der Waals surface area contributed by atoms with Crippen LogP contribution in [0.1, 0.15) is 57.1 Å². The molecule has 7 nitrogen and oxygen atoms in total. The third-order valence-electron chi connectivity index (χ3n) is 9.13. The van der Waals surface area contributed by atoms with Gasteiger partial charge in [0.25, 0.3) is 0 Å². The van der Waals surface area contributed by atoms with E-state index in [-0.39, 0.29) is 18.4 Å². The lowest BCUT2D eigenvalue weighted by Crippen LogP contribution is -2.34. The number of aromatic nitrogens is 2. The number of nitrogens with zero attached hydrogens (tertiary/aromatic N) is 4. The van der Waals surface area contributed by atoms with Gasteiger partial charge in [-0.05, 0) is 91.0 Å². The standard InChI is InChI=1S/C32H44N4O3/c1-4-23-18-33-32(34-19-23)36-16-14-28-29(30(28)22(2)20-36)21-39-27-12-10-25(11-13-27)24-6-8-26(9-7-24)31(38)35(3)15-5-17-37/h6,10-13,18-19,22,26,28-30,37H,4-5,7-9,14-17,20-21H2,1-3H3/t22?,26?,28-,29?,30?/m0/s1. The fourth-order valence-corrected chi connectivity index (χ4v) is 6.71. The van der Waals surface area contributed by atoms with Gasteiger partial charge in [0.15, 0.2) is 0 Å². The van der Waals surface area contributed by atoms with Crippen LogP contribution in [0.25, 0.3) is 5.57 Å². The molecule has 39 heavy (non-hydrogen) atoms. The van der Waals surface area contributed by atoms with Gasteiger partial charge in [-0.3, -0.25) is 4.79 Å². The molecule has 5 rings (SSSR count). The summed E-state index contributed by atoms with van der Waals surface area (Å²) in [5.74, 6) is 4.74. The maximum Gasteiger partial charge on any atom is 0.225 e. The smallest absolute Gasteiger partial charge is 0.225 e. The van der Waals surface area contributed by atoms with Crippen LogP contribution in [0.15, 0.2) is 42.7 Å². The quantitative estimate of drug-likeness (QED) is 0.471. The number of amides is 1. The van der Waals surface area contributed by atoms with E-state index in [0.29, 0.717) is 24.8 Å². The van der Waals surface area contributed by atoms with E-state index >= 15 is 0 Å². The largest absolute Gasteiger partial charge is 0.493 e. The van der Waals surface area contributed by atoms with Gasteiger partial charge in [0.2, 0.25) is 11.9 Å². The second kappa shape index (κ2) is 12.5. The molecular formula is C32H44N4O3. The Morgan fingerprint density at radius 1 is 1.18 bits per heavy atom. The van der Waals surface area contributed by atoms with E-state index in [1.165, 1.54) is 23.1 Å². The van der Waals surface area contributed by atoms with Gasteiger partial charge in [-0.25, -0.2) is 9.97 Å². The number of aryl methyl sites for hydroxylation is 1. The summed E-state index contributed by atoms with van der Waals surface area (Å²) in [5.41, 5.74) is 3.73. The van der Waals surface area contributed by atoms with Crippen LogP contribution < -0.4 is 9.64 Å². The predicted molar refractivity (Wildman–Crippen MR) is 154 cm³/mol. The summed E-state index contributed by atoms with van der Waals surface area (Å²) in [6.07, 6.45) is 11.5. The molecule has 7 heteroatoms. The topological polar surface area (TPSA) is 78.8 Å². The number of anilines is 1. The highest BCUT2D eigenvalue weighted by Gasteiger charge is 2.54. The molecule has 4 unspecified atom stereocenters. The first kappa shape index (κ1) is 27.6. The number of fused-ring (bicyclic) bond motifs is 1. The molecule has 1 aliphatic heterocycles. The SMILES string of the molecule is CCc1cnc(N2CC[C@H]3C(COc4ccc(C5=CCC(C(=O)N(C)CCCO)CC5)cc4)C3C(C)C2)nc1. The van der Waals surface area contributed by atoms with Crippen molar-refractivity contribution in [3.8, 4) is 5.75 Å². The summed E-state index contributed by atoms with van der Waals surface area (Å²) in [4.78, 5) is 26.0. The van der Waals surface area contributed by atoms with Gasteiger partial charge < -0.3 is 19.6 Å². The zero-order chi connectivity index (χ0) is 27.4. The van der Waals surface area contributed by atoms with E-state index in [2.05, 4.69) is 59.1 Å². The van der Waals surface area contributed by atoms with Gasteiger partial charge in [-0.1, -0.05) is 32.1 Å². The number of rotatable bonds is 10. The molecule has 1 aromatic heterocycles. The molecule has 1 saturated carbocycles. The van der Waals surface area contributed by atoms with Crippen LogP contribution in [-0.2, 0) is 11.2 Å². The molecule has 1 amide bonds. The van der Waals surface area contributed by atoms with Gasteiger partial charge in [-0.15, -0.1) is 0 Å². The van der Waals surface area contributed by atoms with E-state index in [1.54, 1.807) is 4.90 Å². The lowest BCUT2D eigenvalue weighted by atomic mass is 9.86. The van der Waals surface area contributed by atoms with Crippen LogP contribution in [0.4, 0.5) is 5.95 Å². The van der Waals surface area contributed by atoms with Crippen LogP contribution in [0.3, 0.4) is 0 Å². The minimum Gasteiger partial charge on any atom is -0.493 e. The fourth-order valence-electron chi connectivity index (χ4n) is 6.71. The Morgan fingerprint density at radius 3 is 2.62 bits per heavy atom. The second-order valence-corrected chi connectivity index (χ2v) is 11.7. The van der Waals surface area contributed by atoms with Gasteiger partial charge >= 0.3 is 0 Å². The van der Waals surface area contributed by atoms with E-state index < -0.39 is 0 Å². The molecule has 1 N–H and O–H groups in total. The summed E-state index contributed by atoms with van der Waals surface area (Å²) in [6, 6.07) is 8.51. The Bertz CT molecular complexity index is 1130. The normalized spacial score (nSPS) is 26.3. The first-order valence-corrected chi connectivity index (χ1v) is 14.8. The molecule has 5 atom stereocenters. The molecule has 2 heterocycles. The summed E-state index contributed by atoms with van der Waals surface area (Å²) >= 11 is 0. The third kappa shape index (κ3) is 6.46. The van der Waals surface area contributed by atoms with Crippen molar-refractivity contribution in [2.75, 3.05) is 44.8 Å². The van der Waals surface area contributed by atoms with Crippen LogP contribution in [0.2, 0.25) is 0 Å². The maximum atomic E-state index is 12.6. The monoisotopic (exact) mass is 532 g/mol. The molecular weight excluding hydrogens is 488 g/mol. The van der Waals surface area contributed by atoms with Crippen LogP contribution in [0, 0.1) is 29.6 Å². The van der Waals surface area contributed by atoms with E-state index in [4.69, 9.17) is 9.84 Å². The predicted octanol–water partition coefficient (Wildman–Crippen LogP) is 4.85. The summed E-state index contributed by atoms with van der Waals surface area (Å²) in [7, 11) is 1.84. The van der Waals surface area contributed by atoms with Gasteiger partial charge in [-0.2, -0.15) is 0 Å². The molecule has 0 bridgehead atoms.